The number of amides is 3. The van der Waals surface area contributed by atoms with Crippen LogP contribution in [-0.4, -0.2) is 87.7 Å². The van der Waals surface area contributed by atoms with Crippen LogP contribution in [0.2, 0.25) is 0 Å². The molecule has 1 aromatic carbocycles. The maximum absolute atomic E-state index is 15.2. The lowest BCUT2D eigenvalue weighted by Crippen LogP contribution is -2.62. The number of likely N-dealkylation sites (tertiary alicyclic amines) is 1. The van der Waals surface area contributed by atoms with Gasteiger partial charge >= 0.3 is 5.97 Å². The van der Waals surface area contributed by atoms with E-state index in [-0.39, 0.29) is 49.3 Å². The Hall–Kier alpha value is -3.50. The minimum atomic E-state index is -1.38. The number of carbonyl (C=O) groups excluding carboxylic acids is 4. The first kappa shape index (κ1) is 35.8. The van der Waals surface area contributed by atoms with Gasteiger partial charge in [0.2, 0.25) is 17.7 Å². The standard InChI is InChI=1S/C38H53N3O7/c1-24(2)20-26(21-42)41-32-35(46)40(37(6,7)23-36(3,4)5)19-13-9-12-16-29(43)47-22-27(25-14-10-8-11-15-25)39-33(44)30-28-17-18-38(32,48-28)31(30)34(41)45/h8-11,13-15,17-18,24,26-28,30-32,42H,12,16,19-23H2,1-7H3,(H,39,44)/b13-9-/t26-,27-,28-,30+,31+,32-,38+/m1/s1. The van der Waals surface area contributed by atoms with E-state index in [9.17, 15) is 19.5 Å². The molecule has 4 aliphatic heterocycles. The Balaban J connectivity index is 1.63. The number of aliphatic hydroxyl groups is 1. The summed E-state index contributed by atoms with van der Waals surface area (Å²) < 4.78 is 12.3. The van der Waals surface area contributed by atoms with E-state index in [1.54, 1.807) is 15.9 Å². The number of allylic oxidation sites excluding steroid dienone is 1. The average Bonchev–Trinajstić information content (AvgIpc) is 3.65. The topological polar surface area (TPSA) is 125 Å². The van der Waals surface area contributed by atoms with Crippen molar-refractivity contribution in [3.8, 4) is 0 Å². The highest BCUT2D eigenvalue weighted by Crippen LogP contribution is 2.56. The summed E-state index contributed by atoms with van der Waals surface area (Å²) in [5, 5.41) is 13.8. The Bertz CT molecular complexity index is 1430. The zero-order valence-electron chi connectivity index (χ0n) is 29.5. The van der Waals surface area contributed by atoms with E-state index in [4.69, 9.17) is 9.47 Å². The minimum Gasteiger partial charge on any atom is -0.463 e. The second kappa shape index (κ2) is 13.8. The van der Waals surface area contributed by atoms with Crippen LogP contribution >= 0.6 is 0 Å². The van der Waals surface area contributed by atoms with Gasteiger partial charge in [-0.25, -0.2) is 0 Å². The Kier molecular flexibility index (Phi) is 10.3. The maximum atomic E-state index is 15.2. The number of nitrogens with zero attached hydrogens (tertiary/aromatic N) is 2. The fourth-order valence-corrected chi connectivity index (χ4v) is 8.50. The van der Waals surface area contributed by atoms with Crippen molar-refractivity contribution in [3.05, 3.63) is 60.2 Å². The van der Waals surface area contributed by atoms with Crippen LogP contribution < -0.4 is 5.32 Å². The average molecular weight is 664 g/mol. The van der Waals surface area contributed by atoms with Crippen molar-refractivity contribution in [3.63, 3.8) is 0 Å². The summed E-state index contributed by atoms with van der Waals surface area (Å²) in [5.74, 6) is -3.22. The van der Waals surface area contributed by atoms with Gasteiger partial charge in [-0.2, -0.15) is 0 Å². The number of hydrogen-bond acceptors (Lipinski definition) is 7. The SMILES string of the molecule is CC(C)C[C@H](CO)N1C(=O)[C@@H]2[C@H]3C(=O)N[C@@H](c4ccccc4)COC(=O)CC/C=C\CN(C(C)(C)CC(C)(C)C)C(=O)[C@@H]1[C@]21C=C[C@H]3O1. The minimum absolute atomic E-state index is 0.0703. The summed E-state index contributed by atoms with van der Waals surface area (Å²) in [6, 6.07) is 6.89. The van der Waals surface area contributed by atoms with Crippen LogP contribution in [0.3, 0.4) is 0 Å². The molecule has 0 saturated carbocycles. The molecule has 262 valence electrons. The molecule has 1 aromatic rings. The van der Waals surface area contributed by atoms with Crippen LogP contribution in [-0.2, 0) is 28.7 Å². The Labute approximate surface area is 284 Å². The number of rotatable bonds is 7. The van der Waals surface area contributed by atoms with Gasteiger partial charge in [0.05, 0.1) is 36.6 Å². The number of benzene rings is 1. The number of nitrogens with one attached hydrogen (secondary N) is 1. The Morgan fingerprint density at radius 1 is 1.02 bits per heavy atom. The molecule has 3 amide bonds. The van der Waals surface area contributed by atoms with E-state index in [0.717, 1.165) is 5.56 Å². The monoisotopic (exact) mass is 663 g/mol. The van der Waals surface area contributed by atoms with Crippen molar-refractivity contribution in [1.29, 1.82) is 0 Å². The molecule has 2 N–H and O–H groups in total. The van der Waals surface area contributed by atoms with Crippen LogP contribution in [0.4, 0.5) is 0 Å². The number of cyclic esters (lactones) is 1. The summed E-state index contributed by atoms with van der Waals surface area (Å²) in [4.78, 5) is 60.4. The Morgan fingerprint density at radius 3 is 2.38 bits per heavy atom. The van der Waals surface area contributed by atoms with Gasteiger partial charge in [0, 0.05) is 18.5 Å². The van der Waals surface area contributed by atoms with Gasteiger partial charge in [0.15, 0.2) is 0 Å². The van der Waals surface area contributed by atoms with Crippen molar-refractivity contribution >= 4 is 23.7 Å². The molecular formula is C38H53N3O7. The highest BCUT2D eigenvalue weighted by Gasteiger charge is 2.74. The molecule has 2 saturated heterocycles. The zero-order valence-corrected chi connectivity index (χ0v) is 29.5. The lowest BCUT2D eigenvalue weighted by molar-refractivity contribution is -0.155. The zero-order chi connectivity index (χ0) is 35.0. The molecule has 0 aliphatic carbocycles. The second-order valence-corrected chi connectivity index (χ2v) is 16.1. The third-order valence-electron chi connectivity index (χ3n) is 10.1. The largest absolute Gasteiger partial charge is 0.463 e. The van der Waals surface area contributed by atoms with E-state index in [1.807, 2.05) is 76.3 Å². The molecule has 5 bridgehead atoms. The van der Waals surface area contributed by atoms with E-state index in [2.05, 4.69) is 26.1 Å². The first-order chi connectivity index (χ1) is 22.6. The third kappa shape index (κ3) is 6.97. The number of ether oxygens (including phenoxy) is 2. The van der Waals surface area contributed by atoms with Gasteiger partial charge in [-0.15, -0.1) is 0 Å². The molecular weight excluding hydrogens is 610 g/mol. The van der Waals surface area contributed by atoms with E-state index >= 15 is 4.79 Å². The quantitative estimate of drug-likeness (QED) is 0.329. The number of fused-ring (bicyclic) bond motifs is 2. The van der Waals surface area contributed by atoms with Gasteiger partial charge in [-0.05, 0) is 50.0 Å². The third-order valence-corrected chi connectivity index (χ3v) is 10.1. The first-order valence-electron chi connectivity index (χ1n) is 17.4. The van der Waals surface area contributed by atoms with Crippen LogP contribution in [0.5, 0.6) is 0 Å². The van der Waals surface area contributed by atoms with Crippen molar-refractivity contribution in [2.24, 2.45) is 23.2 Å². The van der Waals surface area contributed by atoms with E-state index in [1.165, 1.54) is 0 Å². The molecule has 2 fully saturated rings. The lowest BCUT2D eigenvalue weighted by atomic mass is 9.73. The molecule has 5 rings (SSSR count). The summed E-state index contributed by atoms with van der Waals surface area (Å²) >= 11 is 0. The molecule has 10 heteroatoms. The smallest absolute Gasteiger partial charge is 0.306 e. The van der Waals surface area contributed by atoms with Gasteiger partial charge in [0.25, 0.3) is 0 Å². The fourth-order valence-electron chi connectivity index (χ4n) is 8.50. The lowest BCUT2D eigenvalue weighted by Gasteiger charge is -2.46. The summed E-state index contributed by atoms with van der Waals surface area (Å²) in [6.07, 6.45) is 8.38. The summed E-state index contributed by atoms with van der Waals surface area (Å²) in [7, 11) is 0. The molecule has 4 heterocycles. The van der Waals surface area contributed by atoms with Crippen LogP contribution in [0, 0.1) is 23.2 Å². The van der Waals surface area contributed by atoms with Gasteiger partial charge in [-0.1, -0.05) is 89.3 Å². The highest BCUT2D eigenvalue weighted by atomic mass is 16.5. The van der Waals surface area contributed by atoms with Crippen molar-refractivity contribution in [2.75, 3.05) is 19.8 Å². The molecule has 48 heavy (non-hydrogen) atoms. The summed E-state index contributed by atoms with van der Waals surface area (Å²) in [6.45, 7) is 14.3. The molecule has 0 aromatic heterocycles. The molecule has 4 aliphatic rings. The molecule has 0 radical (unpaired) electrons. The van der Waals surface area contributed by atoms with Crippen LogP contribution in [0.15, 0.2) is 54.6 Å². The molecule has 7 atom stereocenters. The molecule has 10 nitrogen and oxygen atoms in total. The molecule has 1 spiro atoms. The predicted molar refractivity (Wildman–Crippen MR) is 181 cm³/mol. The normalized spacial score (nSPS) is 31.2. The fraction of sp³-hybridized carbons (Fsp3) is 0.632. The summed E-state index contributed by atoms with van der Waals surface area (Å²) in [5.41, 5.74) is -1.39. The van der Waals surface area contributed by atoms with Crippen LogP contribution in [0.25, 0.3) is 0 Å². The maximum Gasteiger partial charge on any atom is 0.306 e. The first-order valence-corrected chi connectivity index (χ1v) is 17.4. The number of carbonyl (C=O) groups is 4. The van der Waals surface area contributed by atoms with Crippen LogP contribution in [0.1, 0.15) is 85.8 Å². The van der Waals surface area contributed by atoms with Crippen molar-refractivity contribution in [1.82, 2.24) is 15.1 Å². The Morgan fingerprint density at radius 2 is 1.73 bits per heavy atom. The van der Waals surface area contributed by atoms with Gasteiger partial charge in [0.1, 0.15) is 18.2 Å². The van der Waals surface area contributed by atoms with E-state index in [0.29, 0.717) is 19.3 Å². The number of esters is 1. The second-order valence-electron chi connectivity index (χ2n) is 16.1. The number of aliphatic hydroxyl groups excluding tert-OH is 1. The van der Waals surface area contributed by atoms with Crippen molar-refractivity contribution < 1.29 is 33.8 Å². The van der Waals surface area contributed by atoms with Gasteiger partial charge in [-0.3, -0.25) is 19.2 Å². The predicted octanol–water partition coefficient (Wildman–Crippen LogP) is 4.34. The highest BCUT2D eigenvalue weighted by molar-refractivity contribution is 6.00. The number of hydrogen-bond donors (Lipinski definition) is 2. The molecule has 0 unspecified atom stereocenters. The van der Waals surface area contributed by atoms with E-state index < -0.39 is 59.1 Å². The van der Waals surface area contributed by atoms with Gasteiger partial charge < -0.3 is 29.7 Å². The van der Waals surface area contributed by atoms with Crippen molar-refractivity contribution in [2.45, 2.75) is 110 Å².